The van der Waals surface area contributed by atoms with Crippen molar-refractivity contribution in [2.45, 2.75) is 6.61 Å². The molecule has 0 atom stereocenters. The molecule has 0 saturated carbocycles. The first kappa shape index (κ1) is 20.4. The zero-order valence-corrected chi connectivity index (χ0v) is 19.2. The van der Waals surface area contributed by atoms with Crippen molar-refractivity contribution in [1.29, 1.82) is 5.26 Å². The molecule has 4 rings (SSSR count). The molecule has 0 aromatic heterocycles. The van der Waals surface area contributed by atoms with Gasteiger partial charge in [0.05, 0.1) is 16.1 Å². The molecular formula is C26H17Br2NO. The summed E-state index contributed by atoms with van der Waals surface area (Å²) in [5, 5.41) is 12.0. The Bertz CT molecular complexity index is 1270. The van der Waals surface area contributed by atoms with E-state index >= 15 is 0 Å². The maximum atomic E-state index is 9.56. The highest BCUT2D eigenvalue weighted by Crippen LogP contribution is 2.30. The van der Waals surface area contributed by atoms with Crippen LogP contribution in [0, 0.1) is 11.3 Å². The molecule has 0 aliphatic carbocycles. The zero-order valence-electron chi connectivity index (χ0n) is 16.0. The molecule has 0 aliphatic rings. The number of nitrogens with zero attached hydrogens (tertiary/aromatic N) is 1. The predicted octanol–water partition coefficient (Wildman–Crippen LogP) is 8.01. The average Bonchev–Trinajstić information content (AvgIpc) is 2.77. The van der Waals surface area contributed by atoms with Crippen molar-refractivity contribution in [1.82, 2.24) is 0 Å². The molecule has 0 amide bonds. The standard InChI is InChI=1S/C26H17Br2NO/c27-23-11-9-19(10-12-23)22(16-29)14-18-8-13-26(25(28)15-18)30-17-21-6-3-5-20-4-1-2-7-24(20)21/h1-15H,17H2/b22-14-. The number of halogens is 2. The number of rotatable bonds is 5. The third-order valence-corrected chi connectivity index (χ3v) is 5.95. The fourth-order valence-electron chi connectivity index (χ4n) is 3.27. The second-order valence-corrected chi connectivity index (χ2v) is 8.56. The maximum Gasteiger partial charge on any atom is 0.134 e. The summed E-state index contributed by atoms with van der Waals surface area (Å²) in [5.74, 6) is 0.766. The van der Waals surface area contributed by atoms with Gasteiger partial charge in [-0.3, -0.25) is 0 Å². The van der Waals surface area contributed by atoms with Crippen LogP contribution in [0.3, 0.4) is 0 Å². The number of hydrogen-bond acceptors (Lipinski definition) is 2. The summed E-state index contributed by atoms with van der Waals surface area (Å²) in [5.41, 5.74) is 3.57. The Kier molecular flexibility index (Phi) is 6.32. The summed E-state index contributed by atoms with van der Waals surface area (Å²) in [6, 6.07) is 30.4. The van der Waals surface area contributed by atoms with Crippen molar-refractivity contribution in [3.8, 4) is 11.8 Å². The van der Waals surface area contributed by atoms with Crippen LogP contribution in [0.1, 0.15) is 16.7 Å². The Labute approximate surface area is 192 Å². The van der Waals surface area contributed by atoms with Crippen molar-refractivity contribution in [3.05, 3.63) is 111 Å². The highest BCUT2D eigenvalue weighted by Gasteiger charge is 2.07. The monoisotopic (exact) mass is 517 g/mol. The molecule has 146 valence electrons. The summed E-state index contributed by atoms with van der Waals surface area (Å²) in [6.45, 7) is 0.484. The van der Waals surface area contributed by atoms with Crippen LogP contribution >= 0.6 is 31.9 Å². The van der Waals surface area contributed by atoms with Crippen molar-refractivity contribution in [2.75, 3.05) is 0 Å². The van der Waals surface area contributed by atoms with Crippen LogP contribution in [-0.2, 0) is 6.61 Å². The van der Waals surface area contributed by atoms with Gasteiger partial charge in [-0.15, -0.1) is 0 Å². The Balaban J connectivity index is 1.54. The van der Waals surface area contributed by atoms with Crippen molar-refractivity contribution < 1.29 is 4.74 Å². The first-order valence-electron chi connectivity index (χ1n) is 9.41. The van der Waals surface area contributed by atoms with Gasteiger partial charge in [-0.1, -0.05) is 76.6 Å². The quantitative estimate of drug-likeness (QED) is 0.198. The van der Waals surface area contributed by atoms with E-state index in [4.69, 9.17) is 4.74 Å². The van der Waals surface area contributed by atoms with E-state index in [-0.39, 0.29) is 0 Å². The lowest BCUT2D eigenvalue weighted by atomic mass is 10.0. The number of nitriles is 1. The van der Waals surface area contributed by atoms with Gasteiger partial charge in [0.2, 0.25) is 0 Å². The average molecular weight is 519 g/mol. The lowest BCUT2D eigenvalue weighted by Crippen LogP contribution is -1.97. The smallest absolute Gasteiger partial charge is 0.134 e. The second-order valence-electron chi connectivity index (χ2n) is 6.79. The van der Waals surface area contributed by atoms with E-state index in [1.54, 1.807) is 0 Å². The van der Waals surface area contributed by atoms with Crippen LogP contribution in [0.4, 0.5) is 0 Å². The number of ether oxygens (including phenoxy) is 1. The highest BCUT2D eigenvalue weighted by atomic mass is 79.9. The molecule has 0 spiro atoms. The normalized spacial score (nSPS) is 11.3. The molecule has 2 nitrogen and oxygen atoms in total. The number of fused-ring (bicyclic) bond motifs is 1. The van der Waals surface area contributed by atoms with Gasteiger partial charge in [-0.25, -0.2) is 0 Å². The molecule has 4 aromatic rings. The Morgan fingerprint density at radius 2 is 1.67 bits per heavy atom. The van der Waals surface area contributed by atoms with E-state index in [1.807, 2.05) is 60.7 Å². The molecule has 0 bridgehead atoms. The third kappa shape index (κ3) is 4.64. The van der Waals surface area contributed by atoms with Gasteiger partial charge in [0.15, 0.2) is 0 Å². The van der Waals surface area contributed by atoms with Crippen molar-refractivity contribution >= 4 is 54.3 Å². The maximum absolute atomic E-state index is 9.56. The molecule has 0 fully saturated rings. The van der Waals surface area contributed by atoms with Crippen LogP contribution in [0.5, 0.6) is 5.75 Å². The second kappa shape index (κ2) is 9.30. The van der Waals surface area contributed by atoms with Crippen molar-refractivity contribution in [2.24, 2.45) is 0 Å². The predicted molar refractivity (Wildman–Crippen MR) is 130 cm³/mol. The van der Waals surface area contributed by atoms with Gasteiger partial charge in [-0.05, 0) is 73.7 Å². The van der Waals surface area contributed by atoms with Crippen LogP contribution in [-0.4, -0.2) is 0 Å². The Morgan fingerprint density at radius 3 is 2.43 bits per heavy atom. The number of hydrogen-bond donors (Lipinski definition) is 0. The Morgan fingerprint density at radius 1 is 0.900 bits per heavy atom. The summed E-state index contributed by atoms with van der Waals surface area (Å²) in [7, 11) is 0. The molecule has 0 saturated heterocycles. The van der Waals surface area contributed by atoms with Crippen LogP contribution in [0.2, 0.25) is 0 Å². The third-order valence-electron chi connectivity index (χ3n) is 4.81. The minimum Gasteiger partial charge on any atom is -0.488 e. The zero-order chi connectivity index (χ0) is 20.9. The lowest BCUT2D eigenvalue weighted by Gasteiger charge is -2.11. The van der Waals surface area contributed by atoms with Gasteiger partial charge in [-0.2, -0.15) is 5.26 Å². The fraction of sp³-hybridized carbons (Fsp3) is 0.0385. The summed E-state index contributed by atoms with van der Waals surface area (Å²) in [6.07, 6.45) is 1.88. The number of allylic oxidation sites excluding steroid dienone is 1. The molecule has 30 heavy (non-hydrogen) atoms. The SMILES string of the molecule is N#C/C(=C/c1ccc(OCc2cccc3ccccc23)c(Br)c1)c1ccc(Br)cc1. The summed E-state index contributed by atoms with van der Waals surface area (Å²) in [4.78, 5) is 0. The van der Waals surface area contributed by atoms with E-state index < -0.39 is 0 Å². The summed E-state index contributed by atoms with van der Waals surface area (Å²) >= 11 is 7.03. The molecule has 0 radical (unpaired) electrons. The minimum atomic E-state index is 0.484. The molecule has 0 N–H and O–H groups in total. The first-order valence-corrected chi connectivity index (χ1v) is 11.0. The number of benzene rings is 4. The van der Waals surface area contributed by atoms with E-state index in [0.29, 0.717) is 12.2 Å². The van der Waals surface area contributed by atoms with Crippen LogP contribution < -0.4 is 4.74 Å². The van der Waals surface area contributed by atoms with E-state index in [1.165, 1.54) is 10.8 Å². The highest BCUT2D eigenvalue weighted by molar-refractivity contribution is 9.10. The van der Waals surface area contributed by atoms with E-state index in [2.05, 4.69) is 68.3 Å². The first-order chi connectivity index (χ1) is 14.6. The van der Waals surface area contributed by atoms with Crippen molar-refractivity contribution in [3.63, 3.8) is 0 Å². The van der Waals surface area contributed by atoms with Gasteiger partial charge < -0.3 is 4.74 Å². The van der Waals surface area contributed by atoms with E-state index in [0.717, 1.165) is 31.4 Å². The Hall–Kier alpha value is -2.87. The minimum absolute atomic E-state index is 0.484. The molecular weight excluding hydrogens is 502 g/mol. The van der Waals surface area contributed by atoms with Gasteiger partial charge in [0.1, 0.15) is 12.4 Å². The van der Waals surface area contributed by atoms with Gasteiger partial charge >= 0.3 is 0 Å². The van der Waals surface area contributed by atoms with Crippen LogP contribution in [0.15, 0.2) is 93.9 Å². The summed E-state index contributed by atoms with van der Waals surface area (Å²) < 4.78 is 7.91. The lowest BCUT2D eigenvalue weighted by molar-refractivity contribution is 0.305. The fourth-order valence-corrected chi connectivity index (χ4v) is 4.05. The van der Waals surface area contributed by atoms with E-state index in [9.17, 15) is 5.26 Å². The van der Waals surface area contributed by atoms with Gasteiger partial charge in [0, 0.05) is 4.47 Å². The molecule has 0 heterocycles. The molecule has 4 heteroatoms. The van der Waals surface area contributed by atoms with Crippen LogP contribution in [0.25, 0.3) is 22.4 Å². The molecule has 0 unspecified atom stereocenters. The van der Waals surface area contributed by atoms with Gasteiger partial charge in [0.25, 0.3) is 0 Å². The molecule has 4 aromatic carbocycles. The molecule has 0 aliphatic heterocycles. The largest absolute Gasteiger partial charge is 0.488 e. The topological polar surface area (TPSA) is 33.0 Å².